The molecule has 0 saturated carbocycles. The molecule has 8 heteroatoms. The van der Waals surface area contributed by atoms with Crippen LogP contribution in [0.1, 0.15) is 17.5 Å². The largest absolute Gasteiger partial charge is 0.497 e. The Labute approximate surface area is 162 Å². The number of imide groups is 1. The van der Waals surface area contributed by atoms with Crippen molar-refractivity contribution in [3.63, 3.8) is 0 Å². The summed E-state index contributed by atoms with van der Waals surface area (Å²) >= 11 is 0. The van der Waals surface area contributed by atoms with Crippen LogP contribution in [0, 0.1) is 0 Å². The van der Waals surface area contributed by atoms with E-state index >= 15 is 0 Å². The highest BCUT2D eigenvalue weighted by atomic mass is 16.5. The number of urea groups is 1. The molecule has 1 aliphatic heterocycles. The van der Waals surface area contributed by atoms with E-state index in [-0.39, 0.29) is 24.8 Å². The fraction of sp³-hybridized carbons (Fsp3) is 0.300. The maximum Gasteiger partial charge on any atom is 0.324 e. The number of benzene rings is 1. The fourth-order valence-corrected chi connectivity index (χ4v) is 2.92. The number of rotatable bonds is 8. The van der Waals surface area contributed by atoms with Crippen molar-refractivity contribution in [2.75, 3.05) is 13.7 Å². The second-order valence-corrected chi connectivity index (χ2v) is 6.43. The van der Waals surface area contributed by atoms with Crippen molar-refractivity contribution in [2.24, 2.45) is 0 Å². The molecule has 8 nitrogen and oxygen atoms in total. The first kappa shape index (κ1) is 19.3. The number of nitrogens with zero attached hydrogens (tertiary/aromatic N) is 2. The summed E-state index contributed by atoms with van der Waals surface area (Å²) in [5, 5.41) is 5.33. The summed E-state index contributed by atoms with van der Waals surface area (Å²) in [6.07, 6.45) is 3.73. The molecule has 28 heavy (non-hydrogen) atoms. The van der Waals surface area contributed by atoms with Gasteiger partial charge in [-0.1, -0.05) is 12.1 Å². The van der Waals surface area contributed by atoms with Crippen molar-refractivity contribution in [2.45, 2.75) is 25.4 Å². The topological polar surface area (TPSA) is 101 Å². The maximum absolute atomic E-state index is 12.5. The molecule has 2 aromatic rings. The zero-order chi connectivity index (χ0) is 19.9. The number of nitrogens with one attached hydrogen (secondary N) is 2. The molecule has 1 atom stereocenters. The van der Waals surface area contributed by atoms with Gasteiger partial charge in [0.1, 0.15) is 11.8 Å². The zero-order valence-corrected chi connectivity index (χ0v) is 15.6. The van der Waals surface area contributed by atoms with Crippen LogP contribution < -0.4 is 15.4 Å². The number of ether oxygens (including phenoxy) is 1. The van der Waals surface area contributed by atoms with Gasteiger partial charge in [-0.15, -0.1) is 0 Å². The van der Waals surface area contributed by atoms with E-state index in [9.17, 15) is 14.4 Å². The summed E-state index contributed by atoms with van der Waals surface area (Å²) < 4.78 is 5.11. The van der Waals surface area contributed by atoms with Gasteiger partial charge in [0.2, 0.25) is 5.91 Å². The lowest BCUT2D eigenvalue weighted by atomic mass is 10.1. The Morgan fingerprint density at radius 2 is 1.86 bits per heavy atom. The van der Waals surface area contributed by atoms with Gasteiger partial charge in [0.25, 0.3) is 5.91 Å². The Bertz CT molecular complexity index is 839. The minimum Gasteiger partial charge on any atom is -0.497 e. The lowest BCUT2D eigenvalue weighted by molar-refractivity contribution is -0.130. The molecule has 0 bridgehead atoms. The van der Waals surface area contributed by atoms with Gasteiger partial charge in [-0.3, -0.25) is 19.5 Å². The molecule has 0 aliphatic carbocycles. The first-order valence-electron chi connectivity index (χ1n) is 8.97. The number of aromatic nitrogens is 1. The molecule has 1 aromatic heterocycles. The van der Waals surface area contributed by atoms with Crippen LogP contribution in [0.3, 0.4) is 0 Å². The number of carbonyl (C=O) groups excluding carboxylic acids is 3. The van der Waals surface area contributed by atoms with Crippen molar-refractivity contribution < 1.29 is 19.1 Å². The predicted molar refractivity (Wildman–Crippen MR) is 101 cm³/mol. The smallest absolute Gasteiger partial charge is 0.324 e. The Balaban J connectivity index is 1.48. The lowest BCUT2D eigenvalue weighted by Crippen LogP contribution is -2.36. The highest BCUT2D eigenvalue weighted by Gasteiger charge is 2.38. The number of methoxy groups -OCH3 is 1. The van der Waals surface area contributed by atoms with Crippen molar-refractivity contribution >= 4 is 17.8 Å². The molecule has 1 aromatic carbocycles. The number of amides is 4. The number of carbonyl (C=O) groups is 3. The van der Waals surface area contributed by atoms with Gasteiger partial charge in [-0.25, -0.2) is 4.79 Å². The van der Waals surface area contributed by atoms with Crippen LogP contribution >= 0.6 is 0 Å². The summed E-state index contributed by atoms with van der Waals surface area (Å²) in [6, 6.07) is 9.73. The maximum atomic E-state index is 12.5. The molecule has 3 rings (SSSR count). The van der Waals surface area contributed by atoms with Crippen LogP contribution in [-0.2, 0) is 22.6 Å². The minimum atomic E-state index is -0.833. The van der Waals surface area contributed by atoms with Crippen molar-refractivity contribution in [1.29, 1.82) is 0 Å². The third-order valence-corrected chi connectivity index (χ3v) is 4.52. The highest BCUT2D eigenvalue weighted by molar-refractivity contribution is 6.05. The van der Waals surface area contributed by atoms with E-state index in [4.69, 9.17) is 4.74 Å². The SMILES string of the molecule is COc1ccc(CCN2C(=O)NC(CC(=O)NCc3ccncc3)C2=O)cc1. The second-order valence-electron chi connectivity index (χ2n) is 6.43. The summed E-state index contributed by atoms with van der Waals surface area (Å²) in [5.41, 5.74) is 1.89. The lowest BCUT2D eigenvalue weighted by Gasteiger charge is -2.13. The molecular formula is C20H22N4O4. The third-order valence-electron chi connectivity index (χ3n) is 4.52. The van der Waals surface area contributed by atoms with E-state index in [1.807, 2.05) is 24.3 Å². The first-order chi connectivity index (χ1) is 13.6. The van der Waals surface area contributed by atoms with Gasteiger partial charge in [0.15, 0.2) is 0 Å². The Hall–Kier alpha value is -3.42. The standard InChI is InChI=1S/C20H22N4O4/c1-28-16-4-2-14(3-5-16)8-11-24-19(26)17(23-20(24)27)12-18(25)22-13-15-6-9-21-10-7-15/h2-7,9-10,17H,8,11-13H2,1H3,(H,22,25)(H,23,27). The molecule has 1 fully saturated rings. The van der Waals surface area contributed by atoms with Gasteiger partial charge in [0.05, 0.1) is 13.5 Å². The normalized spacial score (nSPS) is 16.0. The van der Waals surface area contributed by atoms with E-state index in [2.05, 4.69) is 15.6 Å². The van der Waals surface area contributed by atoms with Crippen LogP contribution in [0.15, 0.2) is 48.8 Å². The molecule has 2 N–H and O–H groups in total. The number of hydrogen-bond acceptors (Lipinski definition) is 5. The van der Waals surface area contributed by atoms with Crippen LogP contribution in [0.2, 0.25) is 0 Å². The number of hydrogen-bond donors (Lipinski definition) is 2. The molecule has 4 amide bonds. The molecular weight excluding hydrogens is 360 g/mol. The van der Waals surface area contributed by atoms with Crippen LogP contribution in [0.4, 0.5) is 4.79 Å². The molecule has 1 saturated heterocycles. The Morgan fingerprint density at radius 3 is 2.54 bits per heavy atom. The predicted octanol–water partition coefficient (Wildman–Crippen LogP) is 1.26. The average molecular weight is 382 g/mol. The molecule has 146 valence electrons. The Kier molecular flexibility index (Phi) is 6.21. The van der Waals surface area contributed by atoms with Gasteiger partial charge in [-0.05, 0) is 41.8 Å². The van der Waals surface area contributed by atoms with Gasteiger partial charge in [0, 0.05) is 25.5 Å². The molecule has 1 unspecified atom stereocenters. The van der Waals surface area contributed by atoms with Crippen LogP contribution in [-0.4, -0.2) is 47.4 Å². The fourth-order valence-electron chi connectivity index (χ4n) is 2.92. The zero-order valence-electron chi connectivity index (χ0n) is 15.6. The third kappa shape index (κ3) is 4.85. The first-order valence-corrected chi connectivity index (χ1v) is 8.97. The average Bonchev–Trinajstić information content (AvgIpc) is 2.98. The minimum absolute atomic E-state index is 0.0886. The molecule has 0 spiro atoms. The quantitative estimate of drug-likeness (QED) is 0.670. The summed E-state index contributed by atoms with van der Waals surface area (Å²) in [5.74, 6) is 0.0709. The highest BCUT2D eigenvalue weighted by Crippen LogP contribution is 2.14. The molecule has 2 heterocycles. The van der Waals surface area contributed by atoms with Crippen molar-refractivity contribution in [3.8, 4) is 5.75 Å². The van der Waals surface area contributed by atoms with Crippen molar-refractivity contribution in [3.05, 3.63) is 59.9 Å². The Morgan fingerprint density at radius 1 is 1.14 bits per heavy atom. The van der Waals surface area contributed by atoms with E-state index in [0.29, 0.717) is 13.0 Å². The van der Waals surface area contributed by atoms with Crippen LogP contribution in [0.5, 0.6) is 5.75 Å². The van der Waals surface area contributed by atoms with Gasteiger partial charge < -0.3 is 15.4 Å². The van der Waals surface area contributed by atoms with Crippen molar-refractivity contribution in [1.82, 2.24) is 20.5 Å². The van der Waals surface area contributed by atoms with E-state index in [1.54, 1.807) is 31.6 Å². The van der Waals surface area contributed by atoms with Gasteiger partial charge in [-0.2, -0.15) is 0 Å². The van der Waals surface area contributed by atoms with E-state index in [1.165, 1.54) is 0 Å². The number of pyridine rings is 1. The molecule has 0 radical (unpaired) electrons. The van der Waals surface area contributed by atoms with E-state index in [0.717, 1.165) is 21.8 Å². The molecule has 1 aliphatic rings. The van der Waals surface area contributed by atoms with E-state index < -0.39 is 12.1 Å². The summed E-state index contributed by atoms with van der Waals surface area (Å²) in [4.78, 5) is 41.8. The van der Waals surface area contributed by atoms with Crippen LogP contribution in [0.25, 0.3) is 0 Å². The second kappa shape index (κ2) is 8.98. The summed E-state index contributed by atoms with van der Waals surface area (Å²) in [6.45, 7) is 0.601. The summed E-state index contributed by atoms with van der Waals surface area (Å²) in [7, 11) is 1.59. The monoisotopic (exact) mass is 382 g/mol. The van der Waals surface area contributed by atoms with Gasteiger partial charge >= 0.3 is 6.03 Å².